The Hall–Kier alpha value is -2.34. The summed E-state index contributed by atoms with van der Waals surface area (Å²) in [5, 5.41) is 20.8. The van der Waals surface area contributed by atoms with Crippen molar-refractivity contribution in [2.24, 2.45) is 0 Å². The minimum atomic E-state index is -4.85. The Morgan fingerprint density at radius 1 is 1.38 bits per heavy atom. The number of rotatable bonds is 4. The van der Waals surface area contributed by atoms with Gasteiger partial charge in [0.25, 0.3) is 11.4 Å². The normalized spacial score (nSPS) is 36.0. The van der Waals surface area contributed by atoms with Crippen LogP contribution in [0.3, 0.4) is 0 Å². The van der Waals surface area contributed by atoms with Gasteiger partial charge in [0, 0.05) is 17.3 Å². The number of aliphatic hydroxyl groups excluding tert-OH is 2. The van der Waals surface area contributed by atoms with Crippen molar-refractivity contribution in [1.82, 2.24) is 9.55 Å². The number of hydrogen-bond acceptors (Lipinski definition) is 9. The van der Waals surface area contributed by atoms with Gasteiger partial charge < -0.3 is 19.5 Å². The number of hydrogen-bond donors (Lipinski definition) is 3. The van der Waals surface area contributed by atoms with Crippen LogP contribution < -0.4 is 15.8 Å². The Kier molecular flexibility index (Phi) is 4.73. The number of halogens is 1. The molecule has 1 aromatic heterocycles. The zero-order valence-corrected chi connectivity index (χ0v) is 18.0. The van der Waals surface area contributed by atoms with Crippen molar-refractivity contribution in [2.45, 2.75) is 51.6 Å². The fourth-order valence-electron chi connectivity index (χ4n) is 3.34. The van der Waals surface area contributed by atoms with E-state index in [1.165, 1.54) is 6.92 Å². The topological polar surface area (TPSA) is 149 Å². The van der Waals surface area contributed by atoms with E-state index in [4.69, 9.17) is 22.4 Å². The van der Waals surface area contributed by atoms with Gasteiger partial charge in [0.2, 0.25) is 0 Å². The van der Waals surface area contributed by atoms with Crippen LogP contribution in [0, 0.1) is 20.8 Å². The molecular formula is C19H22FN2O9P. The minimum absolute atomic E-state index is 0.0759. The van der Waals surface area contributed by atoms with Gasteiger partial charge in [0.1, 0.15) is 24.5 Å². The van der Waals surface area contributed by atoms with E-state index in [1.807, 2.05) is 4.98 Å². The molecule has 1 saturated heterocycles. The zero-order chi connectivity index (χ0) is 26.1. The summed E-state index contributed by atoms with van der Waals surface area (Å²) >= 11 is 0. The van der Waals surface area contributed by atoms with Crippen molar-refractivity contribution in [3.8, 4) is 5.75 Å². The van der Waals surface area contributed by atoms with Gasteiger partial charge >= 0.3 is 13.5 Å². The molecule has 1 fully saturated rings. The number of phosphoric ester groups is 1. The lowest BCUT2D eigenvalue weighted by atomic mass is 10.1. The molecule has 32 heavy (non-hydrogen) atoms. The molecule has 2 aromatic rings. The van der Waals surface area contributed by atoms with Gasteiger partial charge in [-0.3, -0.25) is 23.4 Å². The van der Waals surface area contributed by atoms with E-state index < -0.39 is 49.9 Å². The highest BCUT2D eigenvalue weighted by atomic mass is 31.2. The fourth-order valence-corrected chi connectivity index (χ4v) is 4.51. The molecule has 0 amide bonds. The van der Waals surface area contributed by atoms with E-state index in [-0.39, 0.29) is 22.5 Å². The number of ether oxygens (including phenoxy) is 1. The lowest BCUT2D eigenvalue weighted by Crippen LogP contribution is -2.43. The zero-order valence-electron chi connectivity index (χ0n) is 20.1. The van der Waals surface area contributed by atoms with Crippen LogP contribution >= 0.6 is 7.82 Å². The summed E-state index contributed by atoms with van der Waals surface area (Å²) in [6.45, 7) is 0.501. The third-order valence-corrected chi connectivity index (χ3v) is 6.08. The van der Waals surface area contributed by atoms with Gasteiger partial charge in [-0.25, -0.2) is 13.8 Å². The molecule has 0 aliphatic carbocycles. The molecule has 0 spiro atoms. The summed E-state index contributed by atoms with van der Waals surface area (Å²) in [6, 6.07) is 3.37. The molecule has 2 aliphatic heterocycles. The molecule has 13 heteroatoms. The quantitative estimate of drug-likeness (QED) is 0.553. The number of phosphoric acid groups is 1. The van der Waals surface area contributed by atoms with Gasteiger partial charge in [0.05, 0.1) is 10.7 Å². The van der Waals surface area contributed by atoms with E-state index in [0.29, 0.717) is 11.1 Å². The standard InChI is InChI=1S/C19H22FN2O9P/c1-9-4-10(2)14-12(5-9)7-28-32(27,31-14)29-8-19(20)15(24)13(23)17(30-19)22-6-11(3)16(25)21-18(22)26/h4-6,13,15,17,23-24H,7-8H2,1-3H3,(H,21,25,26)/t13-,15+,17-,19-,32?/m1/s1/i8D2,17D. The Morgan fingerprint density at radius 3 is 2.81 bits per heavy atom. The lowest BCUT2D eigenvalue weighted by molar-refractivity contribution is -0.205. The molecule has 2 aliphatic rings. The van der Waals surface area contributed by atoms with Gasteiger partial charge in [-0.15, -0.1) is 0 Å². The molecule has 3 N–H and O–H groups in total. The Balaban J connectivity index is 1.68. The Labute approximate surface area is 185 Å². The molecule has 0 radical (unpaired) electrons. The van der Waals surface area contributed by atoms with Gasteiger partial charge in [-0.05, 0) is 26.3 Å². The summed E-state index contributed by atoms with van der Waals surface area (Å²) in [4.78, 5) is 25.7. The highest BCUT2D eigenvalue weighted by Gasteiger charge is 2.57. The predicted octanol–water partition coefficient (Wildman–Crippen LogP) is 1.11. The number of aromatic nitrogens is 2. The van der Waals surface area contributed by atoms with E-state index in [0.717, 1.165) is 11.8 Å². The van der Waals surface area contributed by atoms with Crippen LogP contribution in [-0.4, -0.2) is 44.4 Å². The summed E-state index contributed by atoms with van der Waals surface area (Å²) in [7, 11) is -4.85. The monoisotopic (exact) mass is 475 g/mol. The van der Waals surface area contributed by atoms with Crippen molar-refractivity contribution in [3.63, 3.8) is 0 Å². The third-order valence-electron chi connectivity index (χ3n) is 4.92. The van der Waals surface area contributed by atoms with Crippen LogP contribution in [0.15, 0.2) is 27.9 Å². The number of aryl methyl sites for hydroxylation is 3. The molecular weight excluding hydrogens is 450 g/mol. The van der Waals surface area contributed by atoms with Gasteiger partial charge in [-0.2, -0.15) is 0 Å². The Morgan fingerprint density at radius 2 is 2.09 bits per heavy atom. The first-order valence-corrected chi connectivity index (χ1v) is 10.8. The Bertz CT molecular complexity index is 1370. The van der Waals surface area contributed by atoms with Crippen molar-refractivity contribution in [1.29, 1.82) is 0 Å². The van der Waals surface area contributed by atoms with Crippen molar-refractivity contribution in [2.75, 3.05) is 6.56 Å². The first-order chi connectivity index (χ1) is 16.0. The maximum absolute atomic E-state index is 15.9. The number of fused-ring (bicyclic) bond motifs is 1. The molecule has 11 nitrogen and oxygen atoms in total. The largest absolute Gasteiger partial charge is 0.530 e. The number of H-pyrrole nitrogens is 1. The molecule has 4 rings (SSSR count). The molecule has 3 heterocycles. The molecule has 174 valence electrons. The van der Waals surface area contributed by atoms with E-state index in [2.05, 4.69) is 0 Å². The van der Waals surface area contributed by atoms with Gasteiger partial charge in [0.15, 0.2) is 6.20 Å². The number of aliphatic hydroxyl groups is 2. The number of aromatic amines is 1. The average Bonchev–Trinajstić information content (AvgIpc) is 2.93. The van der Waals surface area contributed by atoms with Crippen LogP contribution in [-0.2, 0) is 25.0 Å². The molecule has 1 aromatic carbocycles. The average molecular weight is 475 g/mol. The summed E-state index contributed by atoms with van der Waals surface area (Å²) in [5.74, 6) is -3.98. The SMILES string of the molecule is [2H]C([2H])(OP1(=O)OCc2cc(C)cc(C)c2O1)[C@@]1(F)O[C@@]([2H])(n2cc(C)c(=O)[nH]c2=O)[C@H](O)[C@@H]1O. The van der Waals surface area contributed by atoms with Crippen LogP contribution in [0.1, 0.15) is 32.6 Å². The number of nitrogens with zero attached hydrogens (tertiary/aromatic N) is 1. The van der Waals surface area contributed by atoms with Crippen LogP contribution in [0.2, 0.25) is 0 Å². The van der Waals surface area contributed by atoms with Gasteiger partial charge in [-0.1, -0.05) is 17.7 Å². The van der Waals surface area contributed by atoms with Crippen molar-refractivity contribution < 1.29 is 41.6 Å². The maximum Gasteiger partial charge on any atom is 0.530 e. The summed E-state index contributed by atoms with van der Waals surface area (Å²) in [5.41, 5.74) is -0.410. The first kappa shape index (κ1) is 19.2. The van der Waals surface area contributed by atoms with Crippen LogP contribution in [0.25, 0.3) is 0 Å². The second kappa shape index (κ2) is 7.91. The minimum Gasteiger partial charge on any atom is -0.403 e. The lowest BCUT2D eigenvalue weighted by Gasteiger charge is -2.29. The maximum atomic E-state index is 15.9. The van der Waals surface area contributed by atoms with E-state index in [9.17, 15) is 24.4 Å². The molecule has 0 bridgehead atoms. The van der Waals surface area contributed by atoms with E-state index in [1.54, 1.807) is 26.0 Å². The first-order valence-electron chi connectivity index (χ1n) is 10.9. The third kappa shape index (κ3) is 3.94. The highest BCUT2D eigenvalue weighted by Crippen LogP contribution is 2.56. The predicted molar refractivity (Wildman–Crippen MR) is 107 cm³/mol. The second-order valence-electron chi connectivity index (χ2n) is 7.49. The summed E-state index contributed by atoms with van der Waals surface area (Å²) < 4.78 is 73.6. The van der Waals surface area contributed by atoms with E-state index >= 15 is 4.39 Å². The number of alkyl halides is 1. The highest BCUT2D eigenvalue weighted by molar-refractivity contribution is 7.49. The molecule has 5 atom stereocenters. The van der Waals surface area contributed by atoms with Crippen LogP contribution in [0.5, 0.6) is 5.75 Å². The van der Waals surface area contributed by atoms with Crippen LogP contribution in [0.4, 0.5) is 4.39 Å². The summed E-state index contributed by atoms with van der Waals surface area (Å²) in [6.07, 6.45) is -7.76. The fraction of sp³-hybridized carbons (Fsp3) is 0.474. The molecule has 0 saturated carbocycles. The van der Waals surface area contributed by atoms with Crippen molar-refractivity contribution in [3.05, 3.63) is 61.4 Å². The number of nitrogens with one attached hydrogen (secondary N) is 1. The molecule has 1 unspecified atom stereocenters. The second-order valence-corrected chi connectivity index (χ2v) is 9.01. The smallest absolute Gasteiger partial charge is 0.403 e. The number of benzene rings is 1. The van der Waals surface area contributed by atoms with Crippen molar-refractivity contribution >= 4 is 7.82 Å².